The maximum absolute atomic E-state index is 8.29. The molecule has 0 aliphatic rings. The number of hydrogen-bond donors (Lipinski definition) is 2. The Balaban J connectivity index is 2.91. The van der Waals surface area contributed by atoms with Crippen molar-refractivity contribution >= 4 is 7.32 Å². The van der Waals surface area contributed by atoms with E-state index < -0.39 is 7.32 Å². The molecule has 0 aromatic rings. The summed E-state index contributed by atoms with van der Waals surface area (Å²) in [6.07, 6.45) is 3.16. The molecule has 66 valence electrons. The normalized spacial score (nSPS) is 10.6. The van der Waals surface area contributed by atoms with Crippen LogP contribution < -0.4 is 0 Å². The molecule has 0 unspecified atom stereocenters. The number of hydrogen-bond acceptors (Lipinski definition) is 3. The molecule has 0 aliphatic carbocycles. The number of rotatable bonds is 6. The summed E-state index contributed by atoms with van der Waals surface area (Å²) in [5.74, 6) is 0.717. The van der Waals surface area contributed by atoms with Crippen LogP contribution in [0.3, 0.4) is 0 Å². The lowest BCUT2D eigenvalue weighted by Crippen LogP contribution is -2.17. The van der Waals surface area contributed by atoms with Crippen LogP contribution in [0.25, 0.3) is 0 Å². The van der Waals surface area contributed by atoms with Gasteiger partial charge in [0.1, 0.15) is 0 Å². The van der Waals surface area contributed by atoms with Crippen LogP contribution in [-0.2, 0) is 4.65 Å². The Morgan fingerprint density at radius 2 is 1.91 bits per heavy atom. The van der Waals surface area contributed by atoms with Crippen LogP contribution in [0.5, 0.6) is 0 Å². The van der Waals surface area contributed by atoms with Gasteiger partial charge in [-0.1, -0.05) is 26.7 Å². The molecule has 2 N–H and O–H groups in total. The van der Waals surface area contributed by atoms with Crippen molar-refractivity contribution in [3.05, 3.63) is 0 Å². The lowest BCUT2D eigenvalue weighted by Gasteiger charge is -2.04. The van der Waals surface area contributed by atoms with Crippen LogP contribution in [0.15, 0.2) is 0 Å². The predicted octanol–water partition coefficient (Wildman–Crippen LogP) is 0.799. The first-order chi connectivity index (χ1) is 5.13. The first-order valence-corrected chi connectivity index (χ1v) is 4.10. The molecule has 0 aromatic heterocycles. The summed E-state index contributed by atoms with van der Waals surface area (Å²) in [5.41, 5.74) is 0. The van der Waals surface area contributed by atoms with Gasteiger partial charge in [0.05, 0.1) is 0 Å². The first kappa shape index (κ1) is 10.9. The summed E-state index contributed by atoms with van der Waals surface area (Å²) in [4.78, 5) is 0. The molecule has 0 heterocycles. The van der Waals surface area contributed by atoms with Crippen molar-refractivity contribution in [2.45, 2.75) is 33.1 Å². The van der Waals surface area contributed by atoms with E-state index in [1.165, 1.54) is 6.42 Å². The fraction of sp³-hybridized carbons (Fsp3) is 1.00. The highest BCUT2D eigenvalue weighted by atomic mass is 16.6. The fourth-order valence-electron chi connectivity index (χ4n) is 0.843. The summed E-state index contributed by atoms with van der Waals surface area (Å²) >= 11 is 0. The van der Waals surface area contributed by atoms with Crippen molar-refractivity contribution in [1.82, 2.24) is 0 Å². The van der Waals surface area contributed by atoms with Gasteiger partial charge in [0.15, 0.2) is 0 Å². The molecule has 0 amide bonds. The Morgan fingerprint density at radius 1 is 1.27 bits per heavy atom. The van der Waals surface area contributed by atoms with Gasteiger partial charge < -0.3 is 14.7 Å². The van der Waals surface area contributed by atoms with Crippen LogP contribution in [0.1, 0.15) is 33.1 Å². The fourth-order valence-corrected chi connectivity index (χ4v) is 0.843. The smallest absolute Gasteiger partial charge is 0.402 e. The highest BCUT2D eigenvalue weighted by molar-refractivity contribution is 6.32. The monoisotopic (exact) mass is 160 g/mol. The Hall–Kier alpha value is -0.0551. The molecule has 0 radical (unpaired) electrons. The second kappa shape index (κ2) is 6.64. The standard InChI is InChI=1S/C7H17BO3/c1-7(2)5-3-4-6-11-8(9)10/h7,9-10H,3-6H2,1-2H3. The van der Waals surface area contributed by atoms with Gasteiger partial charge in [0, 0.05) is 6.61 Å². The molecule has 0 bridgehead atoms. The maximum atomic E-state index is 8.29. The van der Waals surface area contributed by atoms with Crippen molar-refractivity contribution < 1.29 is 14.7 Å². The van der Waals surface area contributed by atoms with Gasteiger partial charge in [-0.15, -0.1) is 0 Å². The minimum absolute atomic E-state index is 0.435. The van der Waals surface area contributed by atoms with Crippen molar-refractivity contribution in [3.8, 4) is 0 Å². The van der Waals surface area contributed by atoms with E-state index in [1.807, 2.05) is 0 Å². The molecular weight excluding hydrogens is 143 g/mol. The Morgan fingerprint density at radius 3 is 2.36 bits per heavy atom. The molecule has 0 spiro atoms. The highest BCUT2D eigenvalue weighted by Crippen LogP contribution is 2.05. The van der Waals surface area contributed by atoms with Crippen LogP contribution in [0.4, 0.5) is 0 Å². The molecule has 0 atom stereocenters. The van der Waals surface area contributed by atoms with Crippen molar-refractivity contribution in [3.63, 3.8) is 0 Å². The van der Waals surface area contributed by atoms with Crippen molar-refractivity contribution in [2.24, 2.45) is 5.92 Å². The molecular formula is C7H17BO3. The zero-order chi connectivity index (χ0) is 8.69. The number of unbranched alkanes of at least 4 members (excludes halogenated alkanes) is 1. The van der Waals surface area contributed by atoms with E-state index in [2.05, 4.69) is 18.5 Å². The SMILES string of the molecule is CC(C)CCCCOB(O)O. The van der Waals surface area contributed by atoms with Gasteiger partial charge in [0.25, 0.3) is 0 Å². The summed E-state index contributed by atoms with van der Waals surface area (Å²) in [7, 11) is -1.60. The molecule has 0 saturated heterocycles. The van der Waals surface area contributed by atoms with E-state index in [0.29, 0.717) is 12.5 Å². The van der Waals surface area contributed by atoms with Crippen molar-refractivity contribution in [1.29, 1.82) is 0 Å². The quantitative estimate of drug-likeness (QED) is 0.446. The topological polar surface area (TPSA) is 49.7 Å². The minimum Gasteiger partial charge on any atom is -0.402 e. The van der Waals surface area contributed by atoms with Crippen molar-refractivity contribution in [2.75, 3.05) is 6.61 Å². The largest absolute Gasteiger partial charge is 0.633 e. The summed E-state index contributed by atoms with van der Waals surface area (Å²) in [6.45, 7) is 4.77. The summed E-state index contributed by atoms with van der Waals surface area (Å²) in [5, 5.41) is 16.6. The van der Waals surface area contributed by atoms with Gasteiger partial charge in [-0.2, -0.15) is 0 Å². The Labute approximate surface area is 68.6 Å². The third-order valence-corrected chi connectivity index (χ3v) is 1.44. The second-order valence-corrected chi connectivity index (χ2v) is 3.09. The lowest BCUT2D eigenvalue weighted by atomic mass is 10.1. The van der Waals surface area contributed by atoms with E-state index in [1.54, 1.807) is 0 Å². The van der Waals surface area contributed by atoms with E-state index in [4.69, 9.17) is 10.0 Å². The highest BCUT2D eigenvalue weighted by Gasteiger charge is 2.06. The van der Waals surface area contributed by atoms with E-state index in [9.17, 15) is 0 Å². The molecule has 4 heteroatoms. The van der Waals surface area contributed by atoms with Crippen LogP contribution in [0, 0.1) is 5.92 Å². The molecule has 0 aliphatic heterocycles. The van der Waals surface area contributed by atoms with Crippen LogP contribution in [0.2, 0.25) is 0 Å². The molecule has 0 aromatic carbocycles. The summed E-state index contributed by atoms with van der Waals surface area (Å²) in [6, 6.07) is 0. The second-order valence-electron chi connectivity index (χ2n) is 3.09. The Bertz CT molecular complexity index is 75.8. The minimum atomic E-state index is -1.60. The third-order valence-electron chi connectivity index (χ3n) is 1.44. The van der Waals surface area contributed by atoms with E-state index in [-0.39, 0.29) is 0 Å². The first-order valence-electron chi connectivity index (χ1n) is 4.10. The van der Waals surface area contributed by atoms with Gasteiger partial charge >= 0.3 is 7.32 Å². The average Bonchev–Trinajstić information content (AvgIpc) is 1.85. The van der Waals surface area contributed by atoms with E-state index >= 15 is 0 Å². The molecule has 0 rings (SSSR count). The van der Waals surface area contributed by atoms with Gasteiger partial charge in [-0.25, -0.2) is 0 Å². The van der Waals surface area contributed by atoms with Crippen LogP contribution in [-0.4, -0.2) is 24.0 Å². The Kier molecular flexibility index (Phi) is 6.61. The molecule has 3 nitrogen and oxygen atoms in total. The van der Waals surface area contributed by atoms with Gasteiger partial charge in [-0.3, -0.25) is 0 Å². The molecule has 11 heavy (non-hydrogen) atoms. The zero-order valence-corrected chi connectivity index (χ0v) is 7.29. The van der Waals surface area contributed by atoms with Gasteiger partial charge in [0.2, 0.25) is 0 Å². The van der Waals surface area contributed by atoms with E-state index in [0.717, 1.165) is 12.8 Å². The van der Waals surface area contributed by atoms with Gasteiger partial charge in [-0.05, 0) is 12.3 Å². The lowest BCUT2D eigenvalue weighted by molar-refractivity contribution is 0.181. The summed E-state index contributed by atoms with van der Waals surface area (Å²) < 4.78 is 4.53. The van der Waals surface area contributed by atoms with Crippen LogP contribution >= 0.6 is 0 Å². The maximum Gasteiger partial charge on any atom is 0.633 e. The third kappa shape index (κ3) is 9.94. The average molecular weight is 160 g/mol. The zero-order valence-electron chi connectivity index (χ0n) is 7.29. The predicted molar refractivity (Wildman–Crippen MR) is 44.8 cm³/mol. The molecule has 0 saturated carbocycles. The molecule has 0 fully saturated rings.